The Morgan fingerprint density at radius 3 is 1.98 bits per heavy atom. The van der Waals surface area contributed by atoms with Crippen LogP contribution in [-0.2, 0) is 36.9 Å². The van der Waals surface area contributed by atoms with E-state index in [1.807, 2.05) is 91.9 Å². The summed E-state index contributed by atoms with van der Waals surface area (Å²) in [5, 5.41) is 4.18. The van der Waals surface area contributed by atoms with Gasteiger partial charge in [-0.3, -0.25) is 0 Å². The third kappa shape index (κ3) is 5.61. The van der Waals surface area contributed by atoms with E-state index in [9.17, 15) is 0 Å². The van der Waals surface area contributed by atoms with Gasteiger partial charge in [0.15, 0.2) is 0 Å². The number of rotatable bonds is 12. The van der Waals surface area contributed by atoms with E-state index >= 15 is 0 Å². The van der Waals surface area contributed by atoms with Crippen LogP contribution < -0.4 is 9.47 Å². The second-order valence-electron chi connectivity index (χ2n) is 11.8. The fourth-order valence-electron chi connectivity index (χ4n) is 6.96. The molecule has 1 aliphatic rings. The largest absolute Gasteiger partial charge is 0.493 e. The first-order valence-electron chi connectivity index (χ1n) is 16.5. The van der Waals surface area contributed by atoms with Gasteiger partial charge >= 0.3 is 0 Å². The van der Waals surface area contributed by atoms with Crippen molar-refractivity contribution in [1.29, 1.82) is 0 Å². The first-order valence-corrected chi connectivity index (χ1v) is 16.5. The number of benzene rings is 6. The third-order valence-corrected chi connectivity index (χ3v) is 9.12. The normalized spacial score (nSPS) is 14.4. The zero-order valence-electron chi connectivity index (χ0n) is 27.6. The molecule has 0 bridgehead atoms. The van der Waals surface area contributed by atoms with Crippen LogP contribution in [0.3, 0.4) is 0 Å². The fraction of sp³-hybridized carbons (Fsp3) is 0.238. The molecule has 0 unspecified atom stereocenters. The highest BCUT2D eigenvalue weighted by Gasteiger charge is 2.44. The lowest BCUT2D eigenvalue weighted by Crippen LogP contribution is -2.33. The Morgan fingerprint density at radius 1 is 0.646 bits per heavy atom. The van der Waals surface area contributed by atoms with E-state index in [1.54, 1.807) is 14.2 Å². The molecule has 0 amide bonds. The van der Waals surface area contributed by atoms with Gasteiger partial charge in [0, 0.05) is 31.8 Å². The van der Waals surface area contributed by atoms with Gasteiger partial charge in [-0.2, -0.15) is 0 Å². The number of hydrogen-bond donors (Lipinski definition) is 0. The van der Waals surface area contributed by atoms with E-state index in [0.29, 0.717) is 38.6 Å². The molecule has 0 spiro atoms. The van der Waals surface area contributed by atoms with Crippen LogP contribution in [-0.4, -0.2) is 40.6 Å². The van der Waals surface area contributed by atoms with Crippen LogP contribution in [0.15, 0.2) is 127 Å². The Morgan fingerprint density at radius 2 is 1.27 bits per heavy atom. The van der Waals surface area contributed by atoms with E-state index in [0.717, 1.165) is 55.1 Å². The van der Waals surface area contributed by atoms with Gasteiger partial charge in [-0.05, 0) is 46.2 Å². The molecule has 0 saturated carbocycles. The van der Waals surface area contributed by atoms with Crippen LogP contribution in [0.25, 0.3) is 21.5 Å². The van der Waals surface area contributed by atoms with E-state index in [4.69, 9.17) is 28.4 Å². The molecule has 1 fully saturated rings. The van der Waals surface area contributed by atoms with Crippen LogP contribution >= 0.6 is 0 Å². The fourth-order valence-corrected chi connectivity index (χ4v) is 6.96. The van der Waals surface area contributed by atoms with Gasteiger partial charge in [0.2, 0.25) is 11.6 Å². The molecule has 0 aliphatic carbocycles. The average molecular weight is 641 g/mol. The highest BCUT2D eigenvalue weighted by molar-refractivity contribution is 5.90. The maximum Gasteiger partial charge on any atom is 0.226 e. The molecule has 0 radical (unpaired) electrons. The summed E-state index contributed by atoms with van der Waals surface area (Å²) < 4.78 is 38.2. The molecular formula is C42H40O6. The zero-order valence-corrected chi connectivity index (χ0v) is 27.6. The van der Waals surface area contributed by atoms with Crippen LogP contribution in [0, 0.1) is 0 Å². The topological polar surface area (TPSA) is 55.4 Å². The van der Waals surface area contributed by atoms with Crippen molar-refractivity contribution in [2.24, 2.45) is 0 Å². The Bertz CT molecular complexity index is 2000. The number of fused-ring (bicyclic) bond motifs is 2. The van der Waals surface area contributed by atoms with Crippen molar-refractivity contribution >= 4 is 21.5 Å². The van der Waals surface area contributed by atoms with Crippen molar-refractivity contribution in [2.75, 3.05) is 40.6 Å². The summed E-state index contributed by atoms with van der Waals surface area (Å²) >= 11 is 0. The molecule has 6 aromatic carbocycles. The monoisotopic (exact) mass is 640 g/mol. The molecule has 6 nitrogen and oxygen atoms in total. The second-order valence-corrected chi connectivity index (χ2v) is 11.8. The molecule has 6 heteroatoms. The Balaban J connectivity index is 1.27. The van der Waals surface area contributed by atoms with Crippen LogP contribution in [0.5, 0.6) is 11.5 Å². The molecular weight excluding hydrogens is 600 g/mol. The zero-order chi connectivity index (χ0) is 33.0. The lowest BCUT2D eigenvalue weighted by atomic mass is 9.90. The lowest BCUT2D eigenvalue weighted by Gasteiger charge is -2.34. The highest BCUT2D eigenvalue weighted by Crippen LogP contribution is 2.47. The minimum absolute atomic E-state index is 0.437. The van der Waals surface area contributed by atoms with Crippen LogP contribution in [0.2, 0.25) is 0 Å². The molecule has 48 heavy (non-hydrogen) atoms. The van der Waals surface area contributed by atoms with Crippen molar-refractivity contribution in [3.05, 3.63) is 155 Å². The molecule has 244 valence electrons. The quantitative estimate of drug-likeness (QED) is 0.125. The van der Waals surface area contributed by atoms with E-state index < -0.39 is 11.6 Å². The predicted octanol–water partition coefficient (Wildman–Crippen LogP) is 8.76. The van der Waals surface area contributed by atoms with Crippen LogP contribution in [0.4, 0.5) is 0 Å². The molecule has 0 aromatic heterocycles. The van der Waals surface area contributed by atoms with E-state index in [2.05, 4.69) is 42.5 Å². The summed E-state index contributed by atoms with van der Waals surface area (Å²) in [6, 6.07) is 43.1. The smallest absolute Gasteiger partial charge is 0.226 e. The van der Waals surface area contributed by atoms with Gasteiger partial charge in [0.25, 0.3) is 0 Å². The van der Waals surface area contributed by atoms with Crippen LogP contribution in [0.1, 0.15) is 34.7 Å². The highest BCUT2D eigenvalue weighted by atomic mass is 16.7. The Hall–Kier alpha value is -4.72. The maximum atomic E-state index is 6.64. The van der Waals surface area contributed by atoms with E-state index in [-0.39, 0.29) is 0 Å². The average Bonchev–Trinajstić information content (AvgIpc) is 3.64. The first-order chi connectivity index (χ1) is 23.6. The van der Waals surface area contributed by atoms with Crippen molar-refractivity contribution in [3.63, 3.8) is 0 Å². The second kappa shape index (κ2) is 13.8. The molecule has 1 heterocycles. The van der Waals surface area contributed by atoms with E-state index in [1.165, 1.54) is 0 Å². The van der Waals surface area contributed by atoms with Gasteiger partial charge in [-0.1, -0.05) is 115 Å². The van der Waals surface area contributed by atoms with Gasteiger partial charge in [0.1, 0.15) is 11.5 Å². The number of hydrogen-bond acceptors (Lipinski definition) is 6. The Kier molecular flexibility index (Phi) is 9.15. The first kappa shape index (κ1) is 31.9. The van der Waals surface area contributed by atoms with Crippen molar-refractivity contribution in [1.82, 2.24) is 0 Å². The summed E-state index contributed by atoms with van der Waals surface area (Å²) in [7, 11) is 3.34. The predicted molar refractivity (Wildman–Crippen MR) is 189 cm³/mol. The SMILES string of the molecule is CCOc1ccc2ccc(CCOc3ccc4ccccc4c3C(OC)(OC)c3ccccc3)cc2c1C1(c2ccccc2)OCCO1. The Labute approximate surface area is 281 Å². The maximum absolute atomic E-state index is 6.64. The molecule has 0 atom stereocenters. The minimum Gasteiger partial charge on any atom is -0.493 e. The minimum atomic E-state index is -1.17. The molecule has 0 N–H and O–H groups in total. The number of ether oxygens (including phenoxy) is 6. The van der Waals surface area contributed by atoms with Crippen molar-refractivity contribution in [3.8, 4) is 11.5 Å². The molecule has 1 aliphatic heterocycles. The summed E-state index contributed by atoms with van der Waals surface area (Å²) in [4.78, 5) is 0. The van der Waals surface area contributed by atoms with Crippen molar-refractivity contribution < 1.29 is 28.4 Å². The summed E-state index contributed by atoms with van der Waals surface area (Å²) in [5.41, 5.74) is 4.66. The molecule has 1 saturated heterocycles. The lowest BCUT2D eigenvalue weighted by molar-refractivity contribution is -0.183. The van der Waals surface area contributed by atoms with Gasteiger partial charge in [-0.15, -0.1) is 0 Å². The third-order valence-electron chi connectivity index (χ3n) is 9.12. The van der Waals surface area contributed by atoms with Gasteiger partial charge < -0.3 is 28.4 Å². The van der Waals surface area contributed by atoms with Gasteiger partial charge in [0.05, 0.1) is 37.6 Å². The standard InChI is InChI=1S/C42H40O6/c1-4-45-37-23-22-32-20-19-30(29-36(32)40(37)42(47-27-28-48-42)34-16-9-6-10-17-34)25-26-46-38-24-21-31-13-11-12-18-35(31)39(38)41(43-2,44-3)33-14-7-5-8-15-33/h5-24,29H,4,25-28H2,1-3H3. The summed E-state index contributed by atoms with van der Waals surface area (Å²) in [6.45, 7) is 3.94. The molecule has 6 aromatic rings. The van der Waals surface area contributed by atoms with Gasteiger partial charge in [-0.25, -0.2) is 0 Å². The summed E-state index contributed by atoms with van der Waals surface area (Å²) in [6.07, 6.45) is 0.666. The molecule has 7 rings (SSSR count). The number of methoxy groups -OCH3 is 2. The van der Waals surface area contributed by atoms with Crippen molar-refractivity contribution in [2.45, 2.75) is 24.9 Å². The summed E-state index contributed by atoms with van der Waals surface area (Å²) in [5.74, 6) is -0.780.